The molecule has 1 saturated heterocycles. The van der Waals surface area contributed by atoms with E-state index in [1.54, 1.807) is 6.21 Å². The van der Waals surface area contributed by atoms with Crippen LogP contribution in [-0.2, 0) is 14.4 Å². The van der Waals surface area contributed by atoms with Crippen LogP contribution in [0, 0.1) is 12.8 Å². The highest BCUT2D eigenvalue weighted by Gasteiger charge is 2.26. The van der Waals surface area contributed by atoms with Crippen LogP contribution in [-0.4, -0.2) is 49.9 Å². The molecular weight excluding hydrogens is 328 g/mol. The van der Waals surface area contributed by atoms with Crippen molar-refractivity contribution in [3.05, 3.63) is 35.4 Å². The van der Waals surface area contributed by atoms with Crippen molar-refractivity contribution in [2.24, 2.45) is 11.1 Å². The summed E-state index contributed by atoms with van der Waals surface area (Å²) in [6, 6.07) is 8.04. The minimum atomic E-state index is -0.0734. The Morgan fingerprint density at radius 3 is 2.96 bits per heavy atom. The Morgan fingerprint density at radius 1 is 1.42 bits per heavy atom. The molecule has 0 amide bonds. The van der Waals surface area contributed by atoms with E-state index in [9.17, 15) is 4.79 Å². The van der Waals surface area contributed by atoms with E-state index in [2.05, 4.69) is 10.1 Å². The molecule has 1 aromatic carbocycles. The summed E-state index contributed by atoms with van der Waals surface area (Å²) in [5, 5.41) is 4.03. The summed E-state index contributed by atoms with van der Waals surface area (Å²) in [5.74, 6) is -0.0742. The summed E-state index contributed by atoms with van der Waals surface area (Å²) in [4.78, 5) is 19.4. The van der Waals surface area contributed by atoms with Crippen LogP contribution in [0.2, 0.25) is 0 Å². The molecule has 134 valence electrons. The third-order valence-electron chi connectivity index (χ3n) is 4.08. The van der Waals surface area contributed by atoms with Crippen LogP contribution in [0.5, 0.6) is 0 Å². The molecule has 0 aromatic heterocycles. The molecule has 5 nitrogen and oxygen atoms in total. The second kappa shape index (κ2) is 11.0. The fourth-order valence-electron chi connectivity index (χ4n) is 2.76. The number of hydrogen-bond acceptors (Lipinski definition) is 5. The second-order valence-corrected chi connectivity index (χ2v) is 5.82. The van der Waals surface area contributed by atoms with E-state index in [4.69, 9.17) is 9.57 Å². The van der Waals surface area contributed by atoms with Gasteiger partial charge < -0.3 is 9.57 Å². The van der Waals surface area contributed by atoms with E-state index in [1.165, 1.54) is 5.56 Å². The van der Waals surface area contributed by atoms with E-state index in [0.717, 1.165) is 38.0 Å². The Hall–Kier alpha value is -1.59. The minimum Gasteiger partial charge on any atom is -0.466 e. The first-order valence-corrected chi connectivity index (χ1v) is 8.30. The summed E-state index contributed by atoms with van der Waals surface area (Å²) in [7, 11) is 0. The maximum Gasteiger partial charge on any atom is 0.310 e. The van der Waals surface area contributed by atoms with Gasteiger partial charge in [0.25, 0.3) is 0 Å². The predicted molar refractivity (Wildman–Crippen MR) is 97.8 cm³/mol. The van der Waals surface area contributed by atoms with Crippen molar-refractivity contribution in [2.45, 2.75) is 26.7 Å². The van der Waals surface area contributed by atoms with Gasteiger partial charge in [-0.1, -0.05) is 29.4 Å². The average molecular weight is 355 g/mol. The van der Waals surface area contributed by atoms with Gasteiger partial charge in [-0.2, -0.15) is 0 Å². The van der Waals surface area contributed by atoms with E-state index in [1.807, 2.05) is 38.1 Å². The van der Waals surface area contributed by atoms with Crippen LogP contribution in [0.25, 0.3) is 0 Å². The van der Waals surface area contributed by atoms with Gasteiger partial charge >= 0.3 is 5.97 Å². The van der Waals surface area contributed by atoms with Crippen molar-refractivity contribution in [3.8, 4) is 0 Å². The van der Waals surface area contributed by atoms with Gasteiger partial charge in [0.15, 0.2) is 0 Å². The van der Waals surface area contributed by atoms with Crippen molar-refractivity contribution < 1.29 is 14.4 Å². The fraction of sp³-hybridized carbons (Fsp3) is 0.556. The molecule has 24 heavy (non-hydrogen) atoms. The van der Waals surface area contributed by atoms with E-state index in [-0.39, 0.29) is 24.3 Å². The molecule has 2 rings (SSSR count). The van der Waals surface area contributed by atoms with Gasteiger partial charge in [-0.05, 0) is 44.4 Å². The number of halogens is 1. The van der Waals surface area contributed by atoms with Crippen LogP contribution in [0.4, 0.5) is 0 Å². The van der Waals surface area contributed by atoms with Crippen molar-refractivity contribution in [1.29, 1.82) is 0 Å². The number of carbonyl (C=O) groups is 1. The first-order valence-electron chi connectivity index (χ1n) is 8.30. The lowest BCUT2D eigenvalue weighted by Gasteiger charge is -2.30. The van der Waals surface area contributed by atoms with Crippen molar-refractivity contribution >= 4 is 24.6 Å². The Bertz CT molecular complexity index is 537. The third-order valence-corrected chi connectivity index (χ3v) is 4.08. The molecule has 0 spiro atoms. The van der Waals surface area contributed by atoms with Crippen LogP contribution in [0.1, 0.15) is 30.9 Å². The van der Waals surface area contributed by atoms with Gasteiger partial charge in [0.1, 0.15) is 6.61 Å². The topological polar surface area (TPSA) is 51.1 Å². The number of rotatable bonds is 7. The molecule has 0 N–H and O–H groups in total. The monoisotopic (exact) mass is 354 g/mol. The van der Waals surface area contributed by atoms with Crippen molar-refractivity contribution in [1.82, 2.24) is 4.90 Å². The summed E-state index contributed by atoms with van der Waals surface area (Å²) in [5.41, 5.74) is 2.24. The molecular formula is C18H27ClN2O3. The first kappa shape index (κ1) is 20.5. The zero-order valence-electron chi connectivity index (χ0n) is 14.4. The van der Waals surface area contributed by atoms with E-state index >= 15 is 0 Å². The van der Waals surface area contributed by atoms with Gasteiger partial charge in [0, 0.05) is 13.1 Å². The Balaban J connectivity index is 0.00000288. The highest BCUT2D eigenvalue weighted by atomic mass is 35.5. The molecule has 0 unspecified atom stereocenters. The number of carbonyl (C=O) groups excluding carboxylic acids is 1. The maximum atomic E-state index is 11.8. The largest absolute Gasteiger partial charge is 0.466 e. The van der Waals surface area contributed by atoms with Crippen molar-refractivity contribution in [3.63, 3.8) is 0 Å². The third kappa shape index (κ3) is 6.49. The number of oxime groups is 1. The SMILES string of the molecule is CCOC(=O)[C@@H]1CCCN(CCO/N=C\c2ccccc2C)C1.Cl. The summed E-state index contributed by atoms with van der Waals surface area (Å²) >= 11 is 0. The van der Waals surface area contributed by atoms with Gasteiger partial charge in [-0.25, -0.2) is 0 Å². The summed E-state index contributed by atoms with van der Waals surface area (Å²) in [6.07, 6.45) is 3.69. The van der Waals surface area contributed by atoms with Crippen LogP contribution in [0.15, 0.2) is 29.4 Å². The van der Waals surface area contributed by atoms with Gasteiger partial charge in [0.05, 0.1) is 18.7 Å². The van der Waals surface area contributed by atoms with Crippen LogP contribution < -0.4 is 0 Å². The predicted octanol–water partition coefficient (Wildman–Crippen LogP) is 3.04. The molecule has 1 aliphatic rings. The van der Waals surface area contributed by atoms with Crippen LogP contribution >= 0.6 is 12.4 Å². The normalized spacial score (nSPS) is 18.2. The minimum absolute atomic E-state index is 0. The molecule has 1 aromatic rings. The molecule has 1 fully saturated rings. The number of benzene rings is 1. The number of piperidine rings is 1. The highest BCUT2D eigenvalue weighted by molar-refractivity contribution is 5.85. The Kier molecular flexibility index (Phi) is 9.42. The molecule has 0 saturated carbocycles. The lowest BCUT2D eigenvalue weighted by Crippen LogP contribution is -2.40. The van der Waals surface area contributed by atoms with Gasteiger partial charge in [-0.3, -0.25) is 9.69 Å². The molecule has 1 atom stereocenters. The molecule has 0 bridgehead atoms. The fourth-order valence-corrected chi connectivity index (χ4v) is 2.76. The maximum absolute atomic E-state index is 11.8. The standard InChI is InChI=1S/C18H26N2O3.ClH/c1-3-22-18(21)17-9-6-10-20(14-17)11-12-23-19-13-16-8-5-4-7-15(16)2;/h4-5,7-8,13,17H,3,6,9-12,14H2,1-2H3;1H/b19-13-;/t17-;/m1./s1. The number of aryl methyl sites for hydroxylation is 1. The smallest absolute Gasteiger partial charge is 0.310 e. The lowest BCUT2D eigenvalue weighted by molar-refractivity contribution is -0.150. The summed E-state index contributed by atoms with van der Waals surface area (Å²) in [6.45, 7) is 7.40. The molecule has 6 heteroatoms. The Labute approximate surface area is 150 Å². The molecule has 0 radical (unpaired) electrons. The molecule has 1 aliphatic heterocycles. The second-order valence-electron chi connectivity index (χ2n) is 5.82. The van der Waals surface area contributed by atoms with Gasteiger partial charge in [-0.15, -0.1) is 12.4 Å². The van der Waals surface area contributed by atoms with E-state index < -0.39 is 0 Å². The first-order chi connectivity index (χ1) is 11.2. The number of likely N-dealkylation sites (tertiary alicyclic amines) is 1. The zero-order chi connectivity index (χ0) is 16.5. The van der Waals surface area contributed by atoms with Gasteiger partial charge in [0.2, 0.25) is 0 Å². The Morgan fingerprint density at radius 2 is 2.21 bits per heavy atom. The average Bonchev–Trinajstić information content (AvgIpc) is 2.57. The van der Waals surface area contributed by atoms with Crippen molar-refractivity contribution in [2.75, 3.05) is 32.8 Å². The number of hydrogen-bond donors (Lipinski definition) is 0. The number of ether oxygens (including phenoxy) is 1. The summed E-state index contributed by atoms with van der Waals surface area (Å²) < 4.78 is 5.11. The molecule has 1 heterocycles. The zero-order valence-corrected chi connectivity index (χ0v) is 15.3. The quantitative estimate of drug-likeness (QED) is 0.327. The highest BCUT2D eigenvalue weighted by Crippen LogP contribution is 2.17. The number of nitrogens with zero attached hydrogens (tertiary/aromatic N) is 2. The lowest BCUT2D eigenvalue weighted by atomic mass is 9.98. The number of esters is 1. The molecule has 0 aliphatic carbocycles. The van der Waals surface area contributed by atoms with Crippen LogP contribution in [0.3, 0.4) is 0 Å². The van der Waals surface area contributed by atoms with E-state index in [0.29, 0.717) is 13.2 Å².